The minimum Gasteiger partial charge on any atom is -0.457 e. The van der Waals surface area contributed by atoms with Crippen molar-refractivity contribution in [3.63, 3.8) is 0 Å². The number of nitrogens with zero attached hydrogens (tertiary/aromatic N) is 2. The van der Waals surface area contributed by atoms with Crippen molar-refractivity contribution >= 4 is 32.6 Å². The van der Waals surface area contributed by atoms with E-state index in [-0.39, 0.29) is 12.0 Å². The molecule has 1 aromatic heterocycles. The summed E-state index contributed by atoms with van der Waals surface area (Å²) in [7, 11) is 0. The highest BCUT2D eigenvalue weighted by Crippen LogP contribution is 2.35. The molecule has 34 heavy (non-hydrogen) atoms. The fourth-order valence-corrected chi connectivity index (χ4v) is 5.26. The number of benzene rings is 3. The number of hydrogen-bond donors (Lipinski definition) is 0. The molecular weight excluding hydrogens is 444 g/mol. The normalized spacial score (nSPS) is 15.7. The molecule has 0 N–H and O–H groups in total. The van der Waals surface area contributed by atoms with Gasteiger partial charge in [-0.3, -0.25) is 9.69 Å². The largest absolute Gasteiger partial charge is 0.457 e. The van der Waals surface area contributed by atoms with Crippen LogP contribution in [0.5, 0.6) is 11.5 Å². The summed E-state index contributed by atoms with van der Waals surface area (Å²) in [5.41, 5.74) is 2.74. The van der Waals surface area contributed by atoms with Crippen LogP contribution in [0, 0.1) is 0 Å². The SMILES string of the molecule is CC(C)c1cccc2sc(N(CC3CCCO3)C(=O)c3cccc(Oc4ccccc4)c3)nc12. The predicted octanol–water partition coefficient (Wildman–Crippen LogP) is 7.04. The number of fused-ring (bicyclic) bond motifs is 1. The average molecular weight is 473 g/mol. The Labute approximate surface area is 204 Å². The smallest absolute Gasteiger partial charge is 0.260 e. The molecule has 0 aliphatic carbocycles. The van der Waals surface area contributed by atoms with Crippen LogP contribution in [0.3, 0.4) is 0 Å². The lowest BCUT2D eigenvalue weighted by atomic mass is 10.0. The molecule has 1 aliphatic heterocycles. The molecule has 1 unspecified atom stereocenters. The summed E-state index contributed by atoms with van der Waals surface area (Å²) in [6.07, 6.45) is 1.98. The number of thiazole rings is 1. The summed E-state index contributed by atoms with van der Waals surface area (Å²) in [6.45, 7) is 5.56. The van der Waals surface area contributed by atoms with Gasteiger partial charge in [-0.25, -0.2) is 4.98 Å². The Morgan fingerprint density at radius 1 is 1.09 bits per heavy atom. The van der Waals surface area contributed by atoms with Gasteiger partial charge in [0.15, 0.2) is 5.13 Å². The van der Waals surface area contributed by atoms with E-state index in [0.717, 1.165) is 35.4 Å². The Hall–Kier alpha value is -3.22. The number of ether oxygens (including phenoxy) is 2. The Kier molecular flexibility index (Phi) is 6.61. The summed E-state index contributed by atoms with van der Waals surface area (Å²) in [5.74, 6) is 1.61. The second kappa shape index (κ2) is 9.95. The summed E-state index contributed by atoms with van der Waals surface area (Å²) >= 11 is 1.56. The van der Waals surface area contributed by atoms with Crippen LogP contribution in [0.25, 0.3) is 10.2 Å². The van der Waals surface area contributed by atoms with Crippen LogP contribution >= 0.6 is 11.3 Å². The first-order valence-corrected chi connectivity index (χ1v) is 12.6. The van der Waals surface area contributed by atoms with E-state index >= 15 is 0 Å². The maximum absolute atomic E-state index is 13.8. The zero-order valence-electron chi connectivity index (χ0n) is 19.4. The van der Waals surface area contributed by atoms with Gasteiger partial charge in [0.25, 0.3) is 5.91 Å². The van der Waals surface area contributed by atoms with Crippen molar-refractivity contribution in [3.8, 4) is 11.5 Å². The first kappa shape index (κ1) is 22.6. The topological polar surface area (TPSA) is 51.7 Å². The average Bonchev–Trinajstić information content (AvgIpc) is 3.52. The maximum Gasteiger partial charge on any atom is 0.260 e. The van der Waals surface area contributed by atoms with Crippen molar-refractivity contribution in [2.24, 2.45) is 0 Å². The minimum atomic E-state index is -0.0980. The molecule has 3 aromatic carbocycles. The van der Waals surface area contributed by atoms with E-state index < -0.39 is 0 Å². The highest BCUT2D eigenvalue weighted by Gasteiger charge is 2.27. The first-order chi connectivity index (χ1) is 16.6. The summed E-state index contributed by atoms with van der Waals surface area (Å²) in [4.78, 5) is 20.5. The third-order valence-electron chi connectivity index (χ3n) is 6.01. The third kappa shape index (κ3) is 4.83. The van der Waals surface area contributed by atoms with Crippen LogP contribution in [-0.4, -0.2) is 30.1 Å². The van der Waals surface area contributed by atoms with E-state index in [4.69, 9.17) is 14.5 Å². The van der Waals surface area contributed by atoms with Gasteiger partial charge in [-0.15, -0.1) is 0 Å². The van der Waals surface area contributed by atoms with Crippen LogP contribution < -0.4 is 9.64 Å². The number of hydrogen-bond acceptors (Lipinski definition) is 5. The second-order valence-corrected chi connectivity index (χ2v) is 9.85. The molecule has 5 nitrogen and oxygen atoms in total. The van der Waals surface area contributed by atoms with E-state index in [9.17, 15) is 4.79 Å². The van der Waals surface area contributed by atoms with Crippen molar-refractivity contribution in [1.82, 2.24) is 4.98 Å². The highest BCUT2D eigenvalue weighted by molar-refractivity contribution is 7.22. The van der Waals surface area contributed by atoms with E-state index in [2.05, 4.69) is 32.0 Å². The summed E-state index contributed by atoms with van der Waals surface area (Å²) in [6, 6.07) is 23.2. The lowest BCUT2D eigenvalue weighted by Gasteiger charge is -2.23. The van der Waals surface area contributed by atoms with Crippen molar-refractivity contribution in [3.05, 3.63) is 83.9 Å². The Balaban J connectivity index is 1.49. The van der Waals surface area contributed by atoms with Gasteiger partial charge in [0, 0.05) is 12.2 Å². The highest BCUT2D eigenvalue weighted by atomic mass is 32.1. The number of carbonyl (C=O) groups excluding carboxylic acids is 1. The Bertz CT molecular complexity index is 1280. The molecule has 0 radical (unpaired) electrons. The molecule has 1 amide bonds. The number of carbonyl (C=O) groups is 1. The van der Waals surface area contributed by atoms with E-state index in [1.807, 2.05) is 48.5 Å². The van der Waals surface area contributed by atoms with Crippen molar-refractivity contribution in [1.29, 1.82) is 0 Å². The van der Waals surface area contributed by atoms with Gasteiger partial charge >= 0.3 is 0 Å². The molecule has 0 spiro atoms. The van der Waals surface area contributed by atoms with E-state index in [0.29, 0.717) is 28.9 Å². The number of para-hydroxylation sites is 2. The predicted molar refractivity (Wildman–Crippen MR) is 137 cm³/mol. The fraction of sp³-hybridized carbons (Fsp3) is 0.286. The molecule has 1 saturated heterocycles. The zero-order chi connectivity index (χ0) is 23.5. The molecule has 5 rings (SSSR count). The van der Waals surface area contributed by atoms with Crippen molar-refractivity contribution < 1.29 is 14.3 Å². The molecule has 2 heterocycles. The zero-order valence-corrected chi connectivity index (χ0v) is 20.3. The molecule has 1 aliphatic rings. The van der Waals surface area contributed by atoms with Crippen molar-refractivity contribution in [2.75, 3.05) is 18.1 Å². The molecular formula is C28H28N2O3S. The Morgan fingerprint density at radius 2 is 1.88 bits per heavy atom. The van der Waals surface area contributed by atoms with E-state index in [1.54, 1.807) is 22.3 Å². The van der Waals surface area contributed by atoms with Gasteiger partial charge in [0.1, 0.15) is 11.5 Å². The first-order valence-electron chi connectivity index (χ1n) is 11.7. The van der Waals surface area contributed by atoms with Gasteiger partial charge in [-0.05, 0) is 60.7 Å². The van der Waals surface area contributed by atoms with Gasteiger partial charge < -0.3 is 9.47 Å². The lowest BCUT2D eigenvalue weighted by Crippen LogP contribution is -2.37. The maximum atomic E-state index is 13.8. The molecule has 1 atom stereocenters. The van der Waals surface area contributed by atoms with Gasteiger partial charge in [-0.2, -0.15) is 0 Å². The number of rotatable bonds is 7. The van der Waals surface area contributed by atoms with Crippen LogP contribution in [0.4, 0.5) is 5.13 Å². The van der Waals surface area contributed by atoms with Gasteiger partial charge in [-0.1, -0.05) is 61.6 Å². The monoisotopic (exact) mass is 472 g/mol. The van der Waals surface area contributed by atoms with Gasteiger partial charge in [0.2, 0.25) is 0 Å². The Morgan fingerprint density at radius 3 is 2.65 bits per heavy atom. The van der Waals surface area contributed by atoms with Gasteiger partial charge in [0.05, 0.1) is 22.9 Å². The lowest BCUT2D eigenvalue weighted by molar-refractivity contribution is 0.0917. The van der Waals surface area contributed by atoms with Crippen LogP contribution in [0.2, 0.25) is 0 Å². The molecule has 0 saturated carbocycles. The van der Waals surface area contributed by atoms with Crippen molar-refractivity contribution in [2.45, 2.75) is 38.7 Å². The summed E-state index contributed by atoms with van der Waals surface area (Å²) in [5, 5.41) is 0.706. The third-order valence-corrected chi connectivity index (χ3v) is 7.05. The number of aromatic nitrogens is 1. The van der Waals surface area contributed by atoms with Crippen LogP contribution in [0.1, 0.15) is 48.5 Å². The van der Waals surface area contributed by atoms with Crippen LogP contribution in [0.15, 0.2) is 72.8 Å². The number of amides is 1. The van der Waals surface area contributed by atoms with E-state index in [1.165, 1.54) is 5.56 Å². The molecule has 4 aromatic rings. The van der Waals surface area contributed by atoms with Crippen LogP contribution in [-0.2, 0) is 4.74 Å². The summed E-state index contributed by atoms with van der Waals surface area (Å²) < 4.78 is 12.9. The molecule has 6 heteroatoms. The standard InChI is InChI=1S/C28H28N2O3S/c1-19(2)24-14-7-15-25-26(24)29-28(34-25)30(18-23-13-8-16-32-23)27(31)20-9-6-12-22(17-20)33-21-10-4-3-5-11-21/h3-7,9-12,14-15,17,19,23H,8,13,16,18H2,1-2H3. The molecule has 0 bridgehead atoms. The molecule has 1 fully saturated rings. The molecule has 174 valence electrons. The number of anilines is 1. The minimum absolute atomic E-state index is 0.0179. The fourth-order valence-electron chi connectivity index (χ4n) is 4.25. The second-order valence-electron chi connectivity index (χ2n) is 8.84. The quantitative estimate of drug-likeness (QED) is 0.289.